The molecule has 6 nitrogen and oxygen atoms in total. The van der Waals surface area contributed by atoms with Gasteiger partial charge in [0.2, 0.25) is 5.08 Å². The van der Waals surface area contributed by atoms with E-state index in [1.807, 2.05) is 0 Å². The van der Waals surface area contributed by atoms with E-state index in [4.69, 9.17) is 9.11 Å². The van der Waals surface area contributed by atoms with Crippen molar-refractivity contribution in [1.29, 1.82) is 0 Å². The molecule has 0 spiro atoms. The van der Waals surface area contributed by atoms with Crippen LogP contribution in [0.1, 0.15) is 0 Å². The van der Waals surface area contributed by atoms with Crippen molar-refractivity contribution in [2.24, 2.45) is 0 Å². The van der Waals surface area contributed by atoms with Crippen LogP contribution in [0.2, 0.25) is 0 Å². The van der Waals surface area contributed by atoms with Gasteiger partial charge in [0.15, 0.2) is 0 Å². The van der Waals surface area contributed by atoms with Crippen molar-refractivity contribution in [2.75, 3.05) is 5.08 Å². The van der Waals surface area contributed by atoms with Crippen LogP contribution >= 0.6 is 0 Å². The third kappa shape index (κ3) is 19.0. The normalized spacial score (nSPS) is 11.1. The van der Waals surface area contributed by atoms with Crippen molar-refractivity contribution in [1.82, 2.24) is 0 Å². The summed E-state index contributed by atoms with van der Waals surface area (Å²) in [6, 6.07) is 0. The first kappa shape index (κ1) is 19.0. The zero-order chi connectivity index (χ0) is 7.71. The Bertz CT molecular complexity index is 246. The Balaban J connectivity index is -0.000000320. The van der Waals surface area contributed by atoms with Crippen LogP contribution in [0.5, 0.6) is 0 Å². The first-order chi connectivity index (χ1) is 3.71. The number of rotatable bonds is 2. The first-order valence-electron chi connectivity index (χ1n) is 1.61. The molecule has 0 saturated carbocycles. The third-order valence-corrected chi connectivity index (χ3v) is 2.68. The van der Waals surface area contributed by atoms with Gasteiger partial charge in [-0.2, -0.15) is 16.8 Å². The van der Waals surface area contributed by atoms with Crippen molar-refractivity contribution in [3.8, 4) is 0 Å². The first-order valence-corrected chi connectivity index (χ1v) is 4.83. The van der Waals surface area contributed by atoms with E-state index in [0.29, 0.717) is 0 Å². The third-order valence-electron chi connectivity index (χ3n) is 0.298. The van der Waals surface area contributed by atoms with Gasteiger partial charge in [-0.1, -0.05) is 0 Å². The Labute approximate surface area is 127 Å². The van der Waals surface area contributed by atoms with E-state index in [1.54, 1.807) is 0 Å². The minimum absolute atomic E-state index is 0. The Hall–Kier alpha value is 2.39. The van der Waals surface area contributed by atoms with Crippen LogP contribution < -0.4 is 0 Å². The maximum absolute atomic E-state index is 9.66. The second-order valence-corrected chi connectivity index (χ2v) is 4.55. The van der Waals surface area contributed by atoms with Crippen LogP contribution in [0.15, 0.2) is 0 Å². The molecular formula is CH7BaNaO6S2. The summed E-state index contributed by atoms with van der Waals surface area (Å²) in [4.78, 5) is 0. The predicted molar refractivity (Wildman–Crippen MR) is 43.7 cm³/mol. The van der Waals surface area contributed by atoms with Crippen LogP contribution in [-0.4, -0.2) is 109 Å². The topological polar surface area (TPSA) is 109 Å². The van der Waals surface area contributed by atoms with Crippen molar-refractivity contribution >= 4 is 98.7 Å². The summed E-state index contributed by atoms with van der Waals surface area (Å²) in [7, 11) is -9.24. The van der Waals surface area contributed by atoms with Crippen LogP contribution in [0, 0.1) is 0 Å². The van der Waals surface area contributed by atoms with Gasteiger partial charge in [-0.15, -0.1) is 0 Å². The molecule has 0 unspecified atom stereocenters. The van der Waals surface area contributed by atoms with Crippen LogP contribution in [0.3, 0.4) is 0 Å². The molecule has 10 heteroatoms. The zero-order valence-electron chi connectivity index (χ0n) is 4.05. The predicted octanol–water partition coefficient (Wildman–Crippen LogP) is -2.85. The molecule has 0 fully saturated rings. The summed E-state index contributed by atoms with van der Waals surface area (Å²) >= 11 is 0. The average molecular weight is 340 g/mol. The van der Waals surface area contributed by atoms with Gasteiger partial charge in [0.1, 0.15) is 0 Å². The van der Waals surface area contributed by atoms with Gasteiger partial charge in [0.05, 0.1) is 0 Å². The summed E-state index contributed by atoms with van der Waals surface area (Å²) in [6.45, 7) is 0. The fourth-order valence-corrected chi connectivity index (χ4v) is 1.69. The van der Waals surface area contributed by atoms with Crippen molar-refractivity contribution in [3.63, 3.8) is 0 Å². The Morgan fingerprint density at radius 2 is 1.09 bits per heavy atom. The summed E-state index contributed by atoms with van der Waals surface area (Å²) in [6.07, 6.45) is 0. The van der Waals surface area contributed by atoms with Crippen LogP contribution in [0.4, 0.5) is 0 Å². The van der Waals surface area contributed by atoms with E-state index in [-0.39, 0.29) is 78.4 Å². The molecule has 11 heavy (non-hydrogen) atoms. The maximum atomic E-state index is 9.66. The molecule has 0 aromatic rings. The van der Waals surface area contributed by atoms with E-state index in [1.165, 1.54) is 0 Å². The van der Waals surface area contributed by atoms with Crippen molar-refractivity contribution in [2.45, 2.75) is 0 Å². The van der Waals surface area contributed by atoms with E-state index >= 15 is 0 Å². The zero-order valence-corrected chi connectivity index (χ0v) is 5.68. The van der Waals surface area contributed by atoms with Gasteiger partial charge in [0, 0.05) is 0 Å². The molecule has 0 amide bonds. The fraction of sp³-hybridized carbons (Fsp3) is 1.00. The average Bonchev–Trinajstić information content (AvgIpc) is 1.14. The SMILES string of the molecule is O=S(=O)(O)CS(=O)(=O)O.[BaH2].[NaH]. The molecule has 0 aliphatic carbocycles. The Kier molecular flexibility index (Phi) is 11.8. The molecule has 0 aliphatic rings. The van der Waals surface area contributed by atoms with Crippen molar-refractivity contribution in [3.05, 3.63) is 0 Å². The standard InChI is InChI=1S/CH4O6S2.Ba.Na.3H/c2-8(3,4)1-9(5,6)7;;;;;/h1H2,(H,2,3,4)(H,5,6,7);;;;;. The molecular weight excluding hydrogens is 332 g/mol. The molecule has 62 valence electrons. The molecule has 0 aromatic carbocycles. The molecule has 0 heterocycles. The van der Waals surface area contributed by atoms with Crippen molar-refractivity contribution < 1.29 is 25.9 Å². The molecule has 0 bridgehead atoms. The van der Waals surface area contributed by atoms with E-state index in [9.17, 15) is 16.8 Å². The second kappa shape index (κ2) is 6.79. The quantitative estimate of drug-likeness (QED) is 0.414. The van der Waals surface area contributed by atoms with Gasteiger partial charge in [-0.25, -0.2) is 0 Å². The van der Waals surface area contributed by atoms with Crippen LogP contribution in [-0.2, 0) is 20.2 Å². The molecule has 0 aromatic heterocycles. The summed E-state index contributed by atoms with van der Waals surface area (Å²) in [5.74, 6) is 0. The molecule has 2 N–H and O–H groups in total. The number of hydrogen-bond donors (Lipinski definition) is 2. The molecule has 0 aliphatic heterocycles. The van der Waals surface area contributed by atoms with E-state index < -0.39 is 25.3 Å². The molecule has 0 rings (SSSR count). The summed E-state index contributed by atoms with van der Waals surface area (Å²) < 4.78 is 54.2. The number of hydrogen-bond acceptors (Lipinski definition) is 4. The Morgan fingerprint density at radius 1 is 0.909 bits per heavy atom. The van der Waals surface area contributed by atoms with Gasteiger partial charge in [-0.05, 0) is 0 Å². The monoisotopic (exact) mass is 340 g/mol. The molecule has 0 saturated heterocycles. The van der Waals surface area contributed by atoms with Crippen LogP contribution in [0.25, 0.3) is 0 Å². The van der Waals surface area contributed by atoms with E-state index in [0.717, 1.165) is 0 Å². The van der Waals surface area contributed by atoms with Gasteiger partial charge >= 0.3 is 78.4 Å². The Morgan fingerprint density at radius 3 is 1.09 bits per heavy atom. The van der Waals surface area contributed by atoms with Gasteiger partial charge in [0.25, 0.3) is 20.2 Å². The fourth-order valence-electron chi connectivity index (χ4n) is 0.188. The van der Waals surface area contributed by atoms with E-state index in [2.05, 4.69) is 0 Å². The van der Waals surface area contributed by atoms with Gasteiger partial charge in [-0.3, -0.25) is 9.11 Å². The minimum atomic E-state index is -4.62. The summed E-state index contributed by atoms with van der Waals surface area (Å²) in [5, 5.41) is -1.65. The molecule has 0 atom stereocenters. The van der Waals surface area contributed by atoms with Gasteiger partial charge < -0.3 is 0 Å². The molecule has 0 radical (unpaired) electrons. The summed E-state index contributed by atoms with van der Waals surface area (Å²) in [5.41, 5.74) is 0. The second-order valence-electron chi connectivity index (χ2n) is 1.28.